The molecule has 0 spiro atoms. The number of fused-ring (bicyclic) bond motifs is 1. The van der Waals surface area contributed by atoms with Crippen molar-refractivity contribution >= 4 is 38.1 Å². The molecule has 5 unspecified atom stereocenters. The van der Waals surface area contributed by atoms with E-state index in [-0.39, 0.29) is 11.8 Å². The van der Waals surface area contributed by atoms with E-state index >= 15 is 0 Å². The molecule has 5 atom stereocenters. The van der Waals surface area contributed by atoms with Gasteiger partial charge in [-0.25, -0.2) is 21.6 Å². The van der Waals surface area contributed by atoms with Crippen LogP contribution in [0, 0.1) is 17.8 Å². The standard InChI is InChI=1S/C19H19F2NO8S2/c1-3-10-4-6-12(7-5-10)31(25,26)22(2)32(27,28)19(20,21)18(24)30-15-11-8-13-14(9-11)17(23)29-16(13)15/h3-7,11,13-16H,1,8-9H2,2H3. The average Bonchev–Trinajstić information content (AvgIpc) is 3.38. The summed E-state index contributed by atoms with van der Waals surface area (Å²) in [7, 11) is -10.6. The third kappa shape index (κ3) is 3.17. The Kier molecular flexibility index (Phi) is 5.21. The molecule has 9 nitrogen and oxygen atoms in total. The van der Waals surface area contributed by atoms with E-state index in [9.17, 15) is 35.2 Å². The van der Waals surface area contributed by atoms with Gasteiger partial charge in [0.1, 0.15) is 12.2 Å². The van der Waals surface area contributed by atoms with Gasteiger partial charge in [-0.05, 0) is 30.5 Å². The second-order valence-corrected chi connectivity index (χ2v) is 12.2. The van der Waals surface area contributed by atoms with E-state index in [1.165, 1.54) is 18.2 Å². The number of ether oxygens (including phenoxy) is 2. The summed E-state index contributed by atoms with van der Waals surface area (Å²) < 4.78 is 89.0. The van der Waals surface area contributed by atoms with Crippen LogP contribution in [0.1, 0.15) is 18.4 Å². The number of alkyl halides is 2. The second-order valence-electron chi connectivity index (χ2n) is 7.95. The average molecular weight is 491 g/mol. The smallest absolute Gasteiger partial charge is 0.455 e. The lowest BCUT2D eigenvalue weighted by atomic mass is 9.88. The summed E-state index contributed by atoms with van der Waals surface area (Å²) in [5.74, 6) is -3.95. The van der Waals surface area contributed by atoms with Crippen molar-refractivity contribution in [1.82, 2.24) is 3.71 Å². The molecule has 1 saturated heterocycles. The van der Waals surface area contributed by atoms with Crippen molar-refractivity contribution in [2.75, 3.05) is 7.05 Å². The Labute approximate surface area is 183 Å². The highest BCUT2D eigenvalue weighted by atomic mass is 32.3. The molecule has 4 rings (SSSR count). The van der Waals surface area contributed by atoms with Gasteiger partial charge in [-0.1, -0.05) is 28.5 Å². The first-order valence-electron chi connectivity index (χ1n) is 9.58. The van der Waals surface area contributed by atoms with Gasteiger partial charge in [0.25, 0.3) is 10.0 Å². The van der Waals surface area contributed by atoms with E-state index in [1.54, 1.807) is 0 Å². The van der Waals surface area contributed by atoms with Crippen LogP contribution in [0.15, 0.2) is 35.7 Å². The molecular weight excluding hydrogens is 472 g/mol. The zero-order valence-electron chi connectivity index (χ0n) is 16.7. The van der Waals surface area contributed by atoms with Gasteiger partial charge in [0, 0.05) is 18.9 Å². The first kappa shape index (κ1) is 22.8. The van der Waals surface area contributed by atoms with Crippen LogP contribution < -0.4 is 0 Å². The zero-order valence-corrected chi connectivity index (χ0v) is 18.3. The van der Waals surface area contributed by atoms with E-state index in [4.69, 9.17) is 9.47 Å². The molecular formula is C19H19F2NO8S2. The number of hydrogen-bond acceptors (Lipinski definition) is 8. The van der Waals surface area contributed by atoms with E-state index < -0.39 is 64.0 Å². The van der Waals surface area contributed by atoms with Crippen LogP contribution in [0.5, 0.6) is 0 Å². The van der Waals surface area contributed by atoms with Crippen molar-refractivity contribution in [3.63, 3.8) is 0 Å². The number of benzene rings is 1. The molecule has 1 aliphatic heterocycles. The molecule has 0 N–H and O–H groups in total. The zero-order chi connectivity index (χ0) is 23.6. The van der Waals surface area contributed by atoms with Crippen LogP contribution in [0.4, 0.5) is 8.78 Å². The van der Waals surface area contributed by atoms with Gasteiger partial charge < -0.3 is 9.47 Å². The number of rotatable bonds is 7. The molecule has 0 aromatic heterocycles. The lowest BCUT2D eigenvalue weighted by Crippen LogP contribution is -2.51. The number of carbonyl (C=O) groups is 2. The van der Waals surface area contributed by atoms with E-state index in [2.05, 4.69) is 6.58 Å². The monoisotopic (exact) mass is 491 g/mol. The highest BCUT2D eigenvalue weighted by Crippen LogP contribution is 2.55. The van der Waals surface area contributed by atoms with Crippen molar-refractivity contribution in [2.24, 2.45) is 17.8 Å². The Morgan fingerprint density at radius 1 is 1.22 bits per heavy atom. The minimum absolute atomic E-state index is 0.267. The predicted octanol–water partition coefficient (Wildman–Crippen LogP) is 1.37. The highest BCUT2D eigenvalue weighted by molar-refractivity contribution is 8.04. The number of hydrogen-bond donors (Lipinski definition) is 0. The highest BCUT2D eigenvalue weighted by Gasteiger charge is 2.66. The van der Waals surface area contributed by atoms with E-state index in [1.807, 2.05) is 0 Å². The molecule has 0 amide bonds. The molecule has 2 saturated carbocycles. The Bertz CT molecular complexity index is 1200. The Balaban J connectivity index is 1.56. The lowest BCUT2D eigenvalue weighted by molar-refractivity contribution is -0.176. The Morgan fingerprint density at radius 3 is 2.44 bits per heavy atom. The molecule has 2 bridgehead atoms. The molecule has 1 aromatic carbocycles. The van der Waals surface area contributed by atoms with Crippen LogP contribution in [0.2, 0.25) is 0 Å². The maximum atomic E-state index is 14.7. The maximum absolute atomic E-state index is 14.7. The number of carbonyl (C=O) groups excluding carboxylic acids is 2. The van der Waals surface area contributed by atoms with Crippen molar-refractivity contribution in [3.8, 4) is 0 Å². The second kappa shape index (κ2) is 7.32. The largest absolute Gasteiger partial charge is 0.458 e. The molecule has 1 heterocycles. The van der Waals surface area contributed by atoms with Crippen molar-refractivity contribution in [3.05, 3.63) is 36.4 Å². The van der Waals surface area contributed by atoms with Crippen LogP contribution in [-0.2, 0) is 39.1 Å². The summed E-state index contributed by atoms with van der Waals surface area (Å²) in [4.78, 5) is 23.4. The molecule has 174 valence electrons. The van der Waals surface area contributed by atoms with Gasteiger partial charge >= 0.3 is 27.2 Å². The normalized spacial score (nSPS) is 29.2. The fourth-order valence-corrected chi connectivity index (χ4v) is 7.51. The third-order valence-electron chi connectivity index (χ3n) is 6.31. The first-order valence-corrected chi connectivity index (χ1v) is 12.5. The minimum Gasteiger partial charge on any atom is -0.458 e. The van der Waals surface area contributed by atoms with Gasteiger partial charge in [-0.2, -0.15) is 8.78 Å². The Hall–Kier alpha value is -2.38. The number of nitrogens with zero attached hydrogens (tertiary/aromatic N) is 1. The van der Waals surface area contributed by atoms with Gasteiger partial charge in [-0.3, -0.25) is 4.79 Å². The molecule has 2 aliphatic carbocycles. The van der Waals surface area contributed by atoms with E-state index in [0.29, 0.717) is 25.5 Å². The van der Waals surface area contributed by atoms with Gasteiger partial charge in [-0.15, -0.1) is 0 Å². The fraction of sp³-hybridized carbons (Fsp3) is 0.474. The molecule has 3 aliphatic rings. The van der Waals surface area contributed by atoms with Crippen LogP contribution >= 0.6 is 0 Å². The summed E-state index contributed by atoms with van der Waals surface area (Å²) in [5, 5.41) is -5.19. The Morgan fingerprint density at radius 2 is 1.84 bits per heavy atom. The van der Waals surface area contributed by atoms with Crippen LogP contribution in [-0.4, -0.2) is 57.0 Å². The summed E-state index contributed by atoms with van der Waals surface area (Å²) in [5.41, 5.74) is 0.518. The summed E-state index contributed by atoms with van der Waals surface area (Å²) in [6.07, 6.45) is 0.0288. The molecule has 32 heavy (non-hydrogen) atoms. The topological polar surface area (TPSA) is 124 Å². The minimum atomic E-state index is -6.03. The van der Waals surface area contributed by atoms with Gasteiger partial charge in [0.2, 0.25) is 0 Å². The summed E-state index contributed by atoms with van der Waals surface area (Å²) in [6, 6.07) is 4.65. The van der Waals surface area contributed by atoms with Crippen molar-refractivity contribution in [2.45, 2.75) is 35.2 Å². The van der Waals surface area contributed by atoms with Gasteiger partial charge in [0.15, 0.2) is 0 Å². The lowest BCUT2D eigenvalue weighted by Gasteiger charge is -2.28. The molecule has 1 aromatic rings. The predicted molar refractivity (Wildman–Crippen MR) is 105 cm³/mol. The number of sulfonamides is 2. The summed E-state index contributed by atoms with van der Waals surface area (Å²) in [6.45, 7) is 3.49. The maximum Gasteiger partial charge on any atom is 0.455 e. The van der Waals surface area contributed by atoms with Crippen LogP contribution in [0.25, 0.3) is 6.08 Å². The van der Waals surface area contributed by atoms with Crippen molar-refractivity contribution < 1.29 is 44.7 Å². The SMILES string of the molecule is C=Cc1ccc(S(=O)(=O)N(C)S(=O)(=O)C(F)(F)C(=O)OC2C3CC4C(=O)OC2C4C3)cc1. The van der Waals surface area contributed by atoms with E-state index in [0.717, 1.165) is 12.1 Å². The molecule has 0 radical (unpaired) electrons. The van der Waals surface area contributed by atoms with Gasteiger partial charge in [0.05, 0.1) is 10.8 Å². The third-order valence-corrected chi connectivity index (χ3v) is 10.5. The fourth-order valence-electron chi connectivity index (χ4n) is 4.58. The quantitative estimate of drug-likeness (QED) is 0.524. The summed E-state index contributed by atoms with van der Waals surface area (Å²) >= 11 is 0. The number of esters is 2. The van der Waals surface area contributed by atoms with Crippen LogP contribution in [0.3, 0.4) is 0 Å². The van der Waals surface area contributed by atoms with Crippen molar-refractivity contribution in [1.29, 1.82) is 0 Å². The first-order chi connectivity index (χ1) is 14.8. The molecule has 3 fully saturated rings. The number of halogens is 2. The molecule has 13 heteroatoms.